The van der Waals surface area contributed by atoms with Gasteiger partial charge in [-0.3, -0.25) is 4.79 Å². The van der Waals surface area contributed by atoms with Gasteiger partial charge in [0.25, 0.3) is 5.88 Å². The molecule has 2 rings (SSSR count). The van der Waals surface area contributed by atoms with Gasteiger partial charge in [-0.2, -0.15) is 0 Å². The van der Waals surface area contributed by atoms with Crippen molar-refractivity contribution >= 4 is 5.97 Å². The topological polar surface area (TPSA) is 65.5 Å². The van der Waals surface area contributed by atoms with Gasteiger partial charge in [0.1, 0.15) is 0 Å². The van der Waals surface area contributed by atoms with Gasteiger partial charge in [0.05, 0.1) is 17.2 Å². The summed E-state index contributed by atoms with van der Waals surface area (Å²) < 4.78 is 15.5. The summed E-state index contributed by atoms with van der Waals surface area (Å²) in [6.45, 7) is 7.09. The Morgan fingerprint density at radius 2 is 2.11 bits per heavy atom. The molecule has 0 aliphatic heterocycles. The molecule has 0 aliphatic carbocycles. The maximum absolute atomic E-state index is 11.8. The predicted octanol–water partition coefficient (Wildman–Crippen LogP) is 3.19. The SMILES string of the molecule is Cc1c(OC(=O)C(C)(C)C)noc1-c1ccco1. The summed E-state index contributed by atoms with van der Waals surface area (Å²) in [6.07, 6.45) is 1.54. The summed E-state index contributed by atoms with van der Waals surface area (Å²) in [5.74, 6) is 0.848. The van der Waals surface area contributed by atoms with Crippen molar-refractivity contribution in [2.45, 2.75) is 27.7 Å². The summed E-state index contributed by atoms with van der Waals surface area (Å²) in [7, 11) is 0. The van der Waals surface area contributed by atoms with Gasteiger partial charge in [-0.15, -0.1) is 0 Å². The van der Waals surface area contributed by atoms with Crippen molar-refractivity contribution in [2.75, 3.05) is 0 Å². The molecule has 0 atom stereocenters. The summed E-state index contributed by atoms with van der Waals surface area (Å²) in [6, 6.07) is 3.50. The van der Waals surface area contributed by atoms with Crippen molar-refractivity contribution in [3.63, 3.8) is 0 Å². The zero-order valence-corrected chi connectivity index (χ0v) is 10.8. The first kappa shape index (κ1) is 12.4. The number of ether oxygens (including phenoxy) is 1. The van der Waals surface area contributed by atoms with Gasteiger partial charge in [-0.05, 0) is 45.0 Å². The molecule has 0 radical (unpaired) electrons. The van der Waals surface area contributed by atoms with Gasteiger partial charge in [0.2, 0.25) is 5.76 Å². The minimum atomic E-state index is -0.587. The van der Waals surface area contributed by atoms with E-state index in [4.69, 9.17) is 13.7 Å². The lowest BCUT2D eigenvalue weighted by Gasteiger charge is -2.14. The van der Waals surface area contributed by atoms with E-state index in [1.54, 1.807) is 39.8 Å². The third-order valence-corrected chi connectivity index (χ3v) is 2.43. The number of hydrogen-bond acceptors (Lipinski definition) is 5. The number of nitrogens with zero attached hydrogens (tertiary/aromatic N) is 1. The molecule has 18 heavy (non-hydrogen) atoms. The van der Waals surface area contributed by atoms with Crippen molar-refractivity contribution in [2.24, 2.45) is 5.41 Å². The number of carbonyl (C=O) groups excluding carboxylic acids is 1. The van der Waals surface area contributed by atoms with Gasteiger partial charge < -0.3 is 13.7 Å². The Labute approximate surface area is 105 Å². The van der Waals surface area contributed by atoms with Crippen LogP contribution in [0.5, 0.6) is 5.88 Å². The molecule has 2 heterocycles. The molecule has 0 N–H and O–H groups in total. The predicted molar refractivity (Wildman–Crippen MR) is 64.0 cm³/mol. The lowest BCUT2D eigenvalue weighted by atomic mass is 9.97. The molecule has 96 valence electrons. The Morgan fingerprint density at radius 3 is 2.67 bits per heavy atom. The molecule has 0 spiro atoms. The van der Waals surface area contributed by atoms with Crippen LogP contribution in [0.4, 0.5) is 0 Å². The molecule has 0 bridgehead atoms. The number of rotatable bonds is 2. The molecule has 0 amide bonds. The van der Waals surface area contributed by atoms with Crippen molar-refractivity contribution in [1.82, 2.24) is 5.16 Å². The smallest absolute Gasteiger partial charge is 0.318 e. The fraction of sp³-hybridized carbons (Fsp3) is 0.385. The molecule has 0 aromatic carbocycles. The van der Waals surface area contributed by atoms with E-state index in [-0.39, 0.29) is 11.8 Å². The Kier molecular flexibility index (Phi) is 2.98. The fourth-order valence-corrected chi connectivity index (χ4v) is 1.29. The van der Waals surface area contributed by atoms with E-state index < -0.39 is 5.41 Å². The van der Waals surface area contributed by atoms with Gasteiger partial charge in [-0.25, -0.2) is 0 Å². The fourth-order valence-electron chi connectivity index (χ4n) is 1.29. The minimum absolute atomic E-state index is 0.182. The van der Waals surface area contributed by atoms with Crippen LogP contribution < -0.4 is 4.74 Å². The Hall–Kier alpha value is -2.04. The first-order valence-electron chi connectivity index (χ1n) is 5.62. The second-order valence-electron chi connectivity index (χ2n) is 5.06. The highest BCUT2D eigenvalue weighted by Gasteiger charge is 2.27. The number of esters is 1. The third-order valence-electron chi connectivity index (χ3n) is 2.43. The normalized spacial score (nSPS) is 11.6. The van der Waals surface area contributed by atoms with Crippen LogP contribution in [0.3, 0.4) is 0 Å². The number of aromatic nitrogens is 1. The first-order chi connectivity index (χ1) is 8.39. The van der Waals surface area contributed by atoms with E-state index >= 15 is 0 Å². The van der Waals surface area contributed by atoms with Crippen molar-refractivity contribution in [3.8, 4) is 17.4 Å². The molecule has 0 unspecified atom stereocenters. The van der Waals surface area contributed by atoms with E-state index in [2.05, 4.69) is 5.16 Å². The van der Waals surface area contributed by atoms with Gasteiger partial charge in [0, 0.05) is 0 Å². The molecule has 5 heteroatoms. The molecule has 0 aliphatic rings. The van der Waals surface area contributed by atoms with Crippen molar-refractivity contribution in [3.05, 3.63) is 24.0 Å². The maximum Gasteiger partial charge on any atom is 0.318 e. The largest absolute Gasteiger partial charge is 0.461 e. The molecular formula is C13H15NO4. The maximum atomic E-state index is 11.8. The van der Waals surface area contributed by atoms with Crippen LogP contribution in [0, 0.1) is 12.3 Å². The lowest BCUT2D eigenvalue weighted by Crippen LogP contribution is -2.25. The molecule has 2 aromatic rings. The zero-order chi connectivity index (χ0) is 13.3. The van der Waals surface area contributed by atoms with E-state index in [9.17, 15) is 4.79 Å². The van der Waals surface area contributed by atoms with Crippen LogP contribution in [-0.4, -0.2) is 11.1 Å². The van der Waals surface area contributed by atoms with E-state index in [1.165, 1.54) is 6.26 Å². The summed E-state index contributed by atoms with van der Waals surface area (Å²) >= 11 is 0. The highest BCUT2D eigenvalue weighted by atomic mass is 16.6. The van der Waals surface area contributed by atoms with Crippen molar-refractivity contribution in [1.29, 1.82) is 0 Å². The van der Waals surface area contributed by atoms with Crippen LogP contribution in [0.15, 0.2) is 27.3 Å². The highest BCUT2D eigenvalue weighted by Crippen LogP contribution is 2.31. The Balaban J connectivity index is 2.25. The first-order valence-corrected chi connectivity index (χ1v) is 5.62. The molecule has 5 nitrogen and oxygen atoms in total. The van der Waals surface area contributed by atoms with Crippen molar-refractivity contribution < 1.29 is 18.5 Å². The number of furan rings is 1. The summed E-state index contributed by atoms with van der Waals surface area (Å²) in [5.41, 5.74) is 0.0542. The van der Waals surface area contributed by atoms with Crippen LogP contribution >= 0.6 is 0 Å². The molecular weight excluding hydrogens is 234 g/mol. The van der Waals surface area contributed by atoms with Crippen LogP contribution in [0.25, 0.3) is 11.5 Å². The highest BCUT2D eigenvalue weighted by molar-refractivity contribution is 5.78. The molecule has 2 aromatic heterocycles. The standard InChI is InChI=1S/C13H15NO4/c1-8-10(9-6-5-7-16-9)18-14-11(8)17-12(15)13(2,3)4/h5-7H,1-4H3. The monoisotopic (exact) mass is 249 g/mol. The van der Waals surface area contributed by atoms with E-state index in [0.29, 0.717) is 17.1 Å². The van der Waals surface area contributed by atoms with Crippen LogP contribution in [0.1, 0.15) is 26.3 Å². The third kappa shape index (κ3) is 2.30. The molecule has 0 saturated heterocycles. The van der Waals surface area contributed by atoms with Gasteiger partial charge in [0.15, 0.2) is 5.76 Å². The average Bonchev–Trinajstić information content (AvgIpc) is 2.88. The van der Waals surface area contributed by atoms with Gasteiger partial charge >= 0.3 is 5.97 Å². The summed E-state index contributed by atoms with van der Waals surface area (Å²) in [4.78, 5) is 11.8. The molecule has 0 saturated carbocycles. The number of carbonyl (C=O) groups is 1. The number of hydrogen-bond donors (Lipinski definition) is 0. The second kappa shape index (κ2) is 4.33. The average molecular weight is 249 g/mol. The van der Waals surface area contributed by atoms with E-state index in [0.717, 1.165) is 0 Å². The van der Waals surface area contributed by atoms with Crippen LogP contribution in [-0.2, 0) is 4.79 Å². The summed E-state index contributed by atoms with van der Waals surface area (Å²) in [5, 5.41) is 3.75. The second-order valence-corrected chi connectivity index (χ2v) is 5.06. The zero-order valence-electron chi connectivity index (χ0n) is 10.8. The van der Waals surface area contributed by atoms with Gasteiger partial charge in [-0.1, -0.05) is 0 Å². The molecule has 0 fully saturated rings. The quantitative estimate of drug-likeness (QED) is 0.764. The Morgan fingerprint density at radius 1 is 1.39 bits per heavy atom. The van der Waals surface area contributed by atoms with Crippen LogP contribution in [0.2, 0.25) is 0 Å². The minimum Gasteiger partial charge on any atom is -0.461 e. The Bertz CT molecular complexity index is 546. The lowest BCUT2D eigenvalue weighted by molar-refractivity contribution is -0.143. The van der Waals surface area contributed by atoms with E-state index in [1.807, 2.05) is 0 Å².